The smallest absolute Gasteiger partial charge is 0.731 e. The molecule has 0 amide bonds. The number of nitrogens with one attached hydrogen (secondary N) is 1. The minimum atomic E-state index is -4.48. The summed E-state index contributed by atoms with van der Waals surface area (Å²) in [4.78, 5) is 1.93. The Morgan fingerprint density at radius 3 is 2.28 bits per heavy atom. The van der Waals surface area contributed by atoms with Crippen molar-refractivity contribution in [1.82, 2.24) is 0 Å². The zero-order valence-electron chi connectivity index (χ0n) is 10.5. The largest absolute Gasteiger partial charge is 1.00 e. The van der Waals surface area contributed by atoms with Gasteiger partial charge in [0.25, 0.3) is 0 Å². The molecule has 1 aromatic rings. The molecular weight excluding hydrogens is 267 g/mol. The number of anilines is 2. The van der Waals surface area contributed by atoms with E-state index in [-0.39, 0.29) is 41.9 Å². The summed E-state index contributed by atoms with van der Waals surface area (Å²) in [5, 5.41) is 8.86. The average Bonchev–Trinajstić information content (AvgIpc) is 2.25. The van der Waals surface area contributed by atoms with Crippen LogP contribution in [-0.4, -0.2) is 37.8 Å². The normalized spacial score (nSPS) is 10.6. The molecule has 0 saturated heterocycles. The molecule has 0 aliphatic heterocycles. The van der Waals surface area contributed by atoms with Gasteiger partial charge >= 0.3 is 29.6 Å². The predicted molar refractivity (Wildman–Crippen MR) is 64.7 cm³/mol. The molecule has 0 aliphatic carbocycles. The van der Waals surface area contributed by atoms with Crippen LogP contribution in [0.5, 0.6) is 0 Å². The van der Waals surface area contributed by atoms with Gasteiger partial charge in [0.1, 0.15) is 0 Å². The number of likely N-dealkylation sites (N-methyl/N-ethyl adjacent to an activating group) is 1. The molecule has 6 nitrogen and oxygen atoms in total. The number of hydrogen-bond donors (Lipinski definition) is 2. The van der Waals surface area contributed by atoms with E-state index in [0.29, 0.717) is 6.54 Å². The van der Waals surface area contributed by atoms with Crippen LogP contribution in [0.25, 0.3) is 0 Å². The van der Waals surface area contributed by atoms with Crippen LogP contribution < -0.4 is 39.2 Å². The van der Waals surface area contributed by atoms with Crippen molar-refractivity contribution in [3.8, 4) is 0 Å². The molecule has 0 aliphatic rings. The Labute approximate surface area is 129 Å². The van der Waals surface area contributed by atoms with Crippen molar-refractivity contribution in [2.45, 2.75) is 6.92 Å². The van der Waals surface area contributed by atoms with Crippen LogP contribution in [0.15, 0.2) is 24.3 Å². The summed E-state index contributed by atoms with van der Waals surface area (Å²) in [6.07, 6.45) is 0. The van der Waals surface area contributed by atoms with E-state index in [2.05, 4.69) is 0 Å². The Morgan fingerprint density at radius 2 is 1.89 bits per heavy atom. The summed E-state index contributed by atoms with van der Waals surface area (Å²) in [6, 6.07) is 6.38. The second kappa shape index (κ2) is 7.98. The summed E-state index contributed by atoms with van der Waals surface area (Å²) < 4.78 is 33.2. The maximum Gasteiger partial charge on any atom is 1.00 e. The summed E-state index contributed by atoms with van der Waals surface area (Å²) in [6.45, 7) is 3.23. The van der Waals surface area contributed by atoms with Crippen molar-refractivity contribution in [1.29, 1.82) is 0 Å². The van der Waals surface area contributed by atoms with E-state index in [1.54, 1.807) is 12.1 Å². The summed E-state index contributed by atoms with van der Waals surface area (Å²) >= 11 is 0. The quantitative estimate of drug-likeness (QED) is 0.440. The second-order valence-electron chi connectivity index (χ2n) is 3.41. The molecule has 0 unspecified atom stereocenters. The molecule has 0 radical (unpaired) electrons. The molecule has 0 bridgehead atoms. The van der Waals surface area contributed by atoms with Crippen LogP contribution in [0.2, 0.25) is 0 Å². The standard InChI is InChI=1S/C10H16N2O4S.Na/c1-2-12(7-8-13)10-5-3-9(4-6-10)11-17(14,15)16;/h3-6,11,13H,2,7-8H2,1H3,(H,14,15,16);/q;+1/p-1. The Hall–Kier alpha value is -0.310. The fraction of sp³-hybridized carbons (Fsp3) is 0.400. The van der Waals surface area contributed by atoms with Crippen molar-refractivity contribution < 1.29 is 47.6 Å². The third-order valence-corrected chi connectivity index (χ3v) is 2.71. The predicted octanol–water partition coefficient (Wildman–Crippen LogP) is -2.62. The van der Waals surface area contributed by atoms with Crippen LogP contribution in [-0.2, 0) is 10.3 Å². The molecule has 0 fully saturated rings. The second-order valence-corrected chi connectivity index (χ2v) is 4.52. The molecular formula is C10H15N2NaO4S. The Balaban J connectivity index is 0.00000289. The maximum absolute atomic E-state index is 10.5. The first kappa shape index (κ1) is 17.7. The van der Waals surface area contributed by atoms with E-state index in [1.807, 2.05) is 16.5 Å². The molecule has 0 spiro atoms. The minimum absolute atomic E-state index is 0. The van der Waals surface area contributed by atoms with Crippen molar-refractivity contribution in [2.75, 3.05) is 29.3 Å². The first-order valence-corrected chi connectivity index (χ1v) is 6.56. The number of nitrogens with zero attached hydrogens (tertiary/aromatic N) is 1. The van der Waals surface area contributed by atoms with E-state index in [1.165, 1.54) is 12.1 Å². The van der Waals surface area contributed by atoms with Crippen LogP contribution >= 0.6 is 0 Å². The van der Waals surface area contributed by atoms with E-state index >= 15 is 0 Å². The van der Waals surface area contributed by atoms with Gasteiger partial charge in [-0.15, -0.1) is 0 Å². The third kappa shape index (κ3) is 6.03. The number of rotatable bonds is 6. The van der Waals surface area contributed by atoms with Gasteiger partial charge in [0, 0.05) is 24.5 Å². The number of benzene rings is 1. The Bertz CT molecular complexity index is 449. The van der Waals surface area contributed by atoms with Crippen LogP contribution in [0.4, 0.5) is 11.4 Å². The van der Waals surface area contributed by atoms with Crippen molar-refractivity contribution in [2.24, 2.45) is 0 Å². The van der Waals surface area contributed by atoms with Gasteiger partial charge in [-0.25, -0.2) is 8.42 Å². The SMILES string of the molecule is CCN(CCO)c1ccc(NS(=O)(=O)[O-])cc1.[Na+]. The molecule has 18 heavy (non-hydrogen) atoms. The van der Waals surface area contributed by atoms with Crippen LogP contribution in [0, 0.1) is 0 Å². The van der Waals surface area contributed by atoms with Gasteiger partial charge in [0.2, 0.25) is 0 Å². The van der Waals surface area contributed by atoms with Crippen molar-refractivity contribution in [3.05, 3.63) is 24.3 Å². The number of aliphatic hydroxyl groups excluding tert-OH is 1. The fourth-order valence-electron chi connectivity index (χ4n) is 1.48. The van der Waals surface area contributed by atoms with Crippen molar-refractivity contribution >= 4 is 21.7 Å². The molecule has 0 aromatic heterocycles. The van der Waals surface area contributed by atoms with E-state index in [0.717, 1.165) is 12.2 Å². The number of aliphatic hydroxyl groups is 1. The third-order valence-electron chi connectivity index (χ3n) is 2.23. The molecule has 2 N–H and O–H groups in total. The first-order chi connectivity index (χ1) is 7.96. The van der Waals surface area contributed by atoms with Crippen molar-refractivity contribution in [3.63, 3.8) is 0 Å². The van der Waals surface area contributed by atoms with Gasteiger partial charge in [-0.3, -0.25) is 4.72 Å². The summed E-state index contributed by atoms with van der Waals surface area (Å²) in [5.41, 5.74) is 1.08. The van der Waals surface area contributed by atoms with Gasteiger partial charge < -0.3 is 14.6 Å². The molecule has 0 saturated carbocycles. The monoisotopic (exact) mass is 282 g/mol. The van der Waals surface area contributed by atoms with Crippen LogP contribution in [0.3, 0.4) is 0 Å². The topological polar surface area (TPSA) is 92.7 Å². The molecule has 8 heteroatoms. The first-order valence-electron chi connectivity index (χ1n) is 5.15. The van der Waals surface area contributed by atoms with E-state index < -0.39 is 10.3 Å². The van der Waals surface area contributed by atoms with Gasteiger partial charge in [0.15, 0.2) is 10.3 Å². The number of hydrogen-bond acceptors (Lipinski definition) is 5. The van der Waals surface area contributed by atoms with Gasteiger partial charge in [-0.2, -0.15) is 0 Å². The molecule has 0 heterocycles. The molecule has 1 aromatic carbocycles. The van der Waals surface area contributed by atoms with Gasteiger partial charge in [-0.1, -0.05) is 0 Å². The molecule has 0 atom stereocenters. The Kier molecular flexibility index (Phi) is 7.84. The average molecular weight is 282 g/mol. The van der Waals surface area contributed by atoms with Gasteiger partial charge in [-0.05, 0) is 31.2 Å². The fourth-order valence-corrected chi connectivity index (χ4v) is 1.90. The maximum atomic E-state index is 10.5. The Morgan fingerprint density at radius 1 is 1.33 bits per heavy atom. The summed E-state index contributed by atoms with van der Waals surface area (Å²) in [7, 11) is -4.48. The van der Waals surface area contributed by atoms with E-state index in [9.17, 15) is 13.0 Å². The molecule has 1 rings (SSSR count). The minimum Gasteiger partial charge on any atom is -0.731 e. The van der Waals surface area contributed by atoms with E-state index in [4.69, 9.17) is 5.11 Å². The summed E-state index contributed by atoms with van der Waals surface area (Å²) in [5.74, 6) is 0. The zero-order chi connectivity index (χ0) is 12.9. The van der Waals surface area contributed by atoms with Gasteiger partial charge in [0.05, 0.1) is 6.61 Å². The zero-order valence-corrected chi connectivity index (χ0v) is 13.3. The molecule has 96 valence electrons. The van der Waals surface area contributed by atoms with Crippen LogP contribution in [0.1, 0.15) is 6.92 Å².